The quantitative estimate of drug-likeness (QED) is 0.568. The van der Waals surface area contributed by atoms with Gasteiger partial charge in [-0.15, -0.1) is 0 Å². The van der Waals surface area contributed by atoms with Gasteiger partial charge in [0.05, 0.1) is 5.71 Å². The largest absolute Gasteiger partial charge is 0.315 e. The van der Waals surface area contributed by atoms with Crippen molar-refractivity contribution in [2.24, 2.45) is 5.10 Å². The Morgan fingerprint density at radius 1 is 1.35 bits per heavy atom. The normalized spacial score (nSPS) is 21.5. The number of nitrogens with one attached hydrogen (secondary N) is 1. The van der Waals surface area contributed by atoms with Crippen LogP contribution in [0.2, 0.25) is 0 Å². The topological polar surface area (TPSA) is 116 Å². The highest BCUT2D eigenvalue weighted by Gasteiger charge is 2.46. The zero-order valence-corrected chi connectivity index (χ0v) is 13.7. The monoisotopic (exact) mass is 339 g/mol. The molecule has 2 rings (SSSR count). The molecule has 2 N–H and O–H groups in total. The molecular formula is C14H17N3O5S. The lowest BCUT2D eigenvalue weighted by Crippen LogP contribution is -2.53. The fourth-order valence-electron chi connectivity index (χ4n) is 2.30. The van der Waals surface area contributed by atoms with Crippen molar-refractivity contribution in [2.45, 2.75) is 12.5 Å². The van der Waals surface area contributed by atoms with Gasteiger partial charge < -0.3 is 5.21 Å². The van der Waals surface area contributed by atoms with Crippen molar-refractivity contribution in [3.63, 3.8) is 0 Å². The van der Waals surface area contributed by atoms with Gasteiger partial charge in [-0.1, -0.05) is 24.3 Å². The summed E-state index contributed by atoms with van der Waals surface area (Å²) in [6.45, 7) is 1.49. The molecule has 0 saturated carbocycles. The number of likely N-dealkylation sites (N-methyl/N-ethyl adjacent to an activating group) is 1. The number of carbonyl (C=O) groups excluding carboxylic acids is 2. The number of ketones is 1. The predicted octanol–water partition coefficient (Wildman–Crippen LogP) is -0.172. The second-order valence-corrected chi connectivity index (χ2v) is 7.72. The highest BCUT2D eigenvalue weighted by Crippen LogP contribution is 2.23. The number of carbonyl (C=O) groups is 2. The van der Waals surface area contributed by atoms with Gasteiger partial charge >= 0.3 is 0 Å². The SMILES string of the molecule is CN1N=C(c2ccc(C(=O)CS(C)(=O)=O)cc2)C(C)(NO)C1=O. The number of hydrogen-bond acceptors (Lipinski definition) is 7. The van der Waals surface area contributed by atoms with E-state index >= 15 is 0 Å². The van der Waals surface area contributed by atoms with E-state index < -0.39 is 32.8 Å². The summed E-state index contributed by atoms with van der Waals surface area (Å²) in [5, 5.41) is 14.5. The van der Waals surface area contributed by atoms with Gasteiger partial charge in [0, 0.05) is 24.4 Å². The molecule has 0 bridgehead atoms. The summed E-state index contributed by atoms with van der Waals surface area (Å²) in [6, 6.07) is 6.03. The van der Waals surface area contributed by atoms with E-state index in [1.807, 2.05) is 5.48 Å². The average Bonchev–Trinajstić information content (AvgIpc) is 2.71. The van der Waals surface area contributed by atoms with Crippen LogP contribution < -0.4 is 5.48 Å². The van der Waals surface area contributed by atoms with Crippen LogP contribution in [0.15, 0.2) is 29.4 Å². The van der Waals surface area contributed by atoms with Crippen molar-refractivity contribution >= 4 is 27.2 Å². The predicted molar refractivity (Wildman–Crippen MR) is 83.1 cm³/mol. The van der Waals surface area contributed by atoms with Crippen molar-refractivity contribution in [2.75, 3.05) is 19.1 Å². The fourth-order valence-corrected chi connectivity index (χ4v) is 2.95. The number of amides is 1. The number of sulfone groups is 1. The molecule has 0 aromatic heterocycles. The number of rotatable bonds is 5. The lowest BCUT2D eigenvalue weighted by Gasteiger charge is -2.21. The van der Waals surface area contributed by atoms with Gasteiger partial charge in [0.15, 0.2) is 21.2 Å². The van der Waals surface area contributed by atoms with Crippen LogP contribution in [0, 0.1) is 0 Å². The van der Waals surface area contributed by atoms with E-state index in [9.17, 15) is 23.2 Å². The maximum atomic E-state index is 12.0. The third kappa shape index (κ3) is 3.31. The van der Waals surface area contributed by atoms with Gasteiger partial charge in [-0.25, -0.2) is 13.4 Å². The zero-order valence-electron chi connectivity index (χ0n) is 12.9. The zero-order chi connectivity index (χ0) is 17.4. The van der Waals surface area contributed by atoms with Crippen molar-refractivity contribution in [1.82, 2.24) is 10.5 Å². The Hall–Kier alpha value is -2.10. The molecule has 1 aliphatic heterocycles. The maximum absolute atomic E-state index is 12.0. The molecule has 1 aliphatic rings. The summed E-state index contributed by atoms with van der Waals surface area (Å²) in [5.74, 6) is -1.50. The third-order valence-electron chi connectivity index (χ3n) is 3.54. The first kappa shape index (κ1) is 17.3. The van der Waals surface area contributed by atoms with Crippen LogP contribution in [0.5, 0.6) is 0 Å². The first-order valence-corrected chi connectivity index (χ1v) is 8.74. The van der Waals surface area contributed by atoms with Gasteiger partial charge in [0.25, 0.3) is 5.91 Å². The molecule has 23 heavy (non-hydrogen) atoms. The van der Waals surface area contributed by atoms with Crippen LogP contribution in [0.1, 0.15) is 22.8 Å². The van der Waals surface area contributed by atoms with E-state index in [1.165, 1.54) is 26.1 Å². The Morgan fingerprint density at radius 3 is 2.39 bits per heavy atom. The molecule has 0 saturated heterocycles. The number of Topliss-reactive ketones (excluding diaryl/α,β-unsaturated/α-hetero) is 1. The van der Waals surface area contributed by atoms with E-state index in [0.717, 1.165) is 11.3 Å². The highest BCUT2D eigenvalue weighted by atomic mass is 32.2. The highest BCUT2D eigenvalue weighted by molar-refractivity contribution is 7.91. The molecule has 0 radical (unpaired) electrons. The van der Waals surface area contributed by atoms with E-state index in [1.54, 1.807) is 12.1 Å². The molecule has 8 nitrogen and oxygen atoms in total. The molecule has 1 unspecified atom stereocenters. The van der Waals surface area contributed by atoms with Crippen LogP contribution in [0.25, 0.3) is 0 Å². The summed E-state index contributed by atoms with van der Waals surface area (Å²) >= 11 is 0. The number of hydroxylamine groups is 1. The van der Waals surface area contributed by atoms with Gasteiger partial charge in [-0.2, -0.15) is 10.6 Å². The van der Waals surface area contributed by atoms with Crippen molar-refractivity contribution in [3.8, 4) is 0 Å². The standard InChI is InChI=1S/C14H17N3O5S/c1-14(16-20)12(15-17(2)13(14)19)10-6-4-9(5-7-10)11(18)8-23(3,21)22/h4-7,16,20H,8H2,1-3H3. The lowest BCUT2D eigenvalue weighted by molar-refractivity contribution is -0.134. The summed E-state index contributed by atoms with van der Waals surface area (Å²) in [4.78, 5) is 23.9. The molecular weight excluding hydrogens is 322 g/mol. The molecule has 0 fully saturated rings. The van der Waals surface area contributed by atoms with Gasteiger partial charge in [0.2, 0.25) is 0 Å². The first-order valence-electron chi connectivity index (χ1n) is 6.68. The molecule has 0 aliphatic carbocycles. The molecule has 0 spiro atoms. The summed E-state index contributed by atoms with van der Waals surface area (Å²) in [5.41, 5.74) is 1.66. The number of hydrogen-bond donors (Lipinski definition) is 2. The van der Waals surface area contributed by atoms with E-state index in [-0.39, 0.29) is 5.56 Å². The number of nitrogens with zero attached hydrogens (tertiary/aromatic N) is 2. The second kappa shape index (κ2) is 5.84. The summed E-state index contributed by atoms with van der Waals surface area (Å²) in [6.07, 6.45) is 0.992. The molecule has 1 atom stereocenters. The summed E-state index contributed by atoms with van der Waals surface area (Å²) in [7, 11) is -1.93. The van der Waals surface area contributed by atoms with Crippen LogP contribution in [0.3, 0.4) is 0 Å². The van der Waals surface area contributed by atoms with Crippen LogP contribution in [0.4, 0.5) is 0 Å². The smallest absolute Gasteiger partial charge is 0.270 e. The van der Waals surface area contributed by atoms with Crippen molar-refractivity contribution in [3.05, 3.63) is 35.4 Å². The number of hydrazone groups is 1. The number of benzene rings is 1. The van der Waals surface area contributed by atoms with Gasteiger partial charge in [-0.3, -0.25) is 9.59 Å². The minimum atomic E-state index is -3.40. The molecule has 124 valence electrons. The van der Waals surface area contributed by atoms with E-state index in [4.69, 9.17) is 0 Å². The van der Waals surface area contributed by atoms with Crippen LogP contribution in [-0.4, -0.2) is 60.6 Å². The third-order valence-corrected chi connectivity index (χ3v) is 4.33. The van der Waals surface area contributed by atoms with E-state index in [0.29, 0.717) is 11.3 Å². The minimum Gasteiger partial charge on any atom is -0.315 e. The van der Waals surface area contributed by atoms with Gasteiger partial charge in [-0.05, 0) is 6.92 Å². The first-order chi connectivity index (χ1) is 10.6. The van der Waals surface area contributed by atoms with E-state index in [2.05, 4.69) is 5.10 Å². The summed E-state index contributed by atoms with van der Waals surface area (Å²) < 4.78 is 22.3. The molecule has 1 aromatic rings. The Bertz CT molecular complexity index is 785. The second-order valence-electron chi connectivity index (χ2n) is 5.58. The van der Waals surface area contributed by atoms with Crippen LogP contribution in [-0.2, 0) is 14.6 Å². The fraction of sp³-hybridized carbons (Fsp3) is 0.357. The maximum Gasteiger partial charge on any atom is 0.270 e. The van der Waals surface area contributed by atoms with Crippen molar-refractivity contribution < 1.29 is 23.2 Å². The Labute approximate surface area is 133 Å². The Morgan fingerprint density at radius 2 is 1.91 bits per heavy atom. The van der Waals surface area contributed by atoms with Gasteiger partial charge in [0.1, 0.15) is 5.75 Å². The molecule has 1 aromatic carbocycles. The van der Waals surface area contributed by atoms with Crippen LogP contribution >= 0.6 is 0 Å². The minimum absolute atomic E-state index is 0.246. The Balaban J connectivity index is 2.32. The lowest BCUT2D eigenvalue weighted by atomic mass is 9.90. The average molecular weight is 339 g/mol. The molecule has 9 heteroatoms. The molecule has 1 heterocycles. The molecule has 1 amide bonds. The Kier molecular flexibility index (Phi) is 4.38. The van der Waals surface area contributed by atoms with Crippen molar-refractivity contribution in [1.29, 1.82) is 0 Å².